The normalized spacial score (nSPS) is 11.4. The number of benzene rings is 3. The summed E-state index contributed by atoms with van der Waals surface area (Å²) in [6.07, 6.45) is 0. The summed E-state index contributed by atoms with van der Waals surface area (Å²) >= 11 is 0. The lowest BCUT2D eigenvalue weighted by Gasteiger charge is -2.28. The molecule has 0 radical (unpaired) electrons. The van der Waals surface area contributed by atoms with E-state index in [0.717, 1.165) is 22.2 Å². The van der Waals surface area contributed by atoms with E-state index < -0.39 is 10.0 Å². The van der Waals surface area contributed by atoms with E-state index in [1.165, 1.54) is 4.31 Å². The van der Waals surface area contributed by atoms with Gasteiger partial charge in [0.25, 0.3) is 10.0 Å². The van der Waals surface area contributed by atoms with Gasteiger partial charge in [-0.1, -0.05) is 60.2 Å². The Morgan fingerprint density at radius 1 is 0.857 bits per heavy atom. The first-order valence-corrected chi connectivity index (χ1v) is 13.0. The number of anilines is 1. The van der Waals surface area contributed by atoms with Crippen LogP contribution in [0.4, 0.5) is 5.69 Å². The number of fused-ring (bicyclic) bond motifs is 1. The average molecular weight is 488 g/mol. The van der Waals surface area contributed by atoms with Crippen molar-refractivity contribution in [1.82, 2.24) is 9.88 Å². The topological polar surface area (TPSA) is 70.6 Å². The number of hydrogen-bond donors (Lipinski definition) is 0. The van der Waals surface area contributed by atoms with Gasteiger partial charge in [0.1, 0.15) is 6.54 Å². The van der Waals surface area contributed by atoms with Crippen LogP contribution < -0.4 is 4.31 Å². The molecule has 0 saturated carbocycles. The number of para-hydroxylation sites is 1. The van der Waals surface area contributed by atoms with Gasteiger partial charge >= 0.3 is 0 Å². The summed E-state index contributed by atoms with van der Waals surface area (Å²) in [5.41, 5.74) is 3.70. The number of rotatable bonds is 8. The molecule has 0 saturated heterocycles. The lowest BCUT2D eigenvalue weighted by atomic mass is 10.2. The Balaban J connectivity index is 1.65. The third-order valence-electron chi connectivity index (χ3n) is 6.01. The van der Waals surface area contributed by atoms with E-state index in [1.807, 2.05) is 62.4 Å². The van der Waals surface area contributed by atoms with Gasteiger partial charge < -0.3 is 4.90 Å². The number of hydrogen-bond acceptors (Lipinski definition) is 4. The molecule has 0 aliphatic heterocycles. The number of aryl methyl sites for hydroxylation is 2. The molecule has 3 aromatic carbocycles. The lowest BCUT2D eigenvalue weighted by Crippen LogP contribution is -2.43. The van der Waals surface area contributed by atoms with Crippen molar-refractivity contribution in [3.8, 4) is 0 Å². The van der Waals surface area contributed by atoms with E-state index in [1.54, 1.807) is 48.2 Å². The molecule has 0 aliphatic carbocycles. The maximum atomic E-state index is 13.7. The fourth-order valence-electron chi connectivity index (χ4n) is 3.98. The van der Waals surface area contributed by atoms with Crippen molar-refractivity contribution in [2.24, 2.45) is 0 Å². The highest BCUT2D eigenvalue weighted by Crippen LogP contribution is 2.26. The Hall–Kier alpha value is -3.71. The van der Waals surface area contributed by atoms with Gasteiger partial charge in [0.05, 0.1) is 28.3 Å². The third kappa shape index (κ3) is 5.35. The number of sulfonamides is 1. The minimum absolute atomic E-state index is 0.188. The van der Waals surface area contributed by atoms with Crippen LogP contribution in [-0.4, -0.2) is 37.3 Å². The highest BCUT2D eigenvalue weighted by Gasteiger charge is 2.30. The third-order valence-corrected chi connectivity index (χ3v) is 7.94. The van der Waals surface area contributed by atoms with Crippen LogP contribution in [0.5, 0.6) is 0 Å². The quantitative estimate of drug-likeness (QED) is 0.347. The minimum atomic E-state index is -3.97. The highest BCUT2D eigenvalue weighted by atomic mass is 32.2. The van der Waals surface area contributed by atoms with Crippen molar-refractivity contribution >= 4 is 32.5 Å². The fourth-order valence-corrected chi connectivity index (χ4v) is 5.62. The van der Waals surface area contributed by atoms with Crippen LogP contribution in [0.25, 0.3) is 10.9 Å². The monoisotopic (exact) mass is 487 g/mol. The summed E-state index contributed by atoms with van der Waals surface area (Å²) in [5.74, 6) is -0.291. The van der Waals surface area contributed by atoms with E-state index in [4.69, 9.17) is 0 Å². The van der Waals surface area contributed by atoms with Crippen LogP contribution in [-0.2, 0) is 21.4 Å². The van der Waals surface area contributed by atoms with Crippen LogP contribution in [0.1, 0.15) is 23.7 Å². The van der Waals surface area contributed by atoms with Crippen LogP contribution in [0, 0.1) is 13.8 Å². The van der Waals surface area contributed by atoms with Gasteiger partial charge in [0, 0.05) is 11.9 Å². The first-order valence-electron chi connectivity index (χ1n) is 11.6. The summed E-state index contributed by atoms with van der Waals surface area (Å²) < 4.78 is 28.7. The molecule has 4 rings (SSSR count). The van der Waals surface area contributed by atoms with E-state index in [9.17, 15) is 13.2 Å². The van der Waals surface area contributed by atoms with Gasteiger partial charge in [0.15, 0.2) is 0 Å². The number of nitrogens with zero attached hydrogens (tertiary/aromatic N) is 3. The number of carbonyl (C=O) groups excluding carboxylic acids is 1. The largest absolute Gasteiger partial charge is 0.336 e. The molecule has 0 unspecified atom stereocenters. The van der Waals surface area contributed by atoms with Gasteiger partial charge in [0.2, 0.25) is 5.91 Å². The summed E-state index contributed by atoms with van der Waals surface area (Å²) in [7, 11) is -3.97. The molecule has 0 aliphatic rings. The summed E-state index contributed by atoms with van der Waals surface area (Å²) in [4.78, 5) is 19.9. The van der Waals surface area contributed by atoms with Crippen molar-refractivity contribution in [1.29, 1.82) is 0 Å². The van der Waals surface area contributed by atoms with Crippen LogP contribution in [0.15, 0.2) is 89.8 Å². The fraction of sp³-hybridized carbons (Fsp3) is 0.214. The average Bonchev–Trinajstić information content (AvgIpc) is 2.86. The maximum Gasteiger partial charge on any atom is 0.265 e. The molecular weight excluding hydrogens is 458 g/mol. The Morgan fingerprint density at radius 3 is 2.26 bits per heavy atom. The molecule has 6 nitrogen and oxygen atoms in total. The van der Waals surface area contributed by atoms with Gasteiger partial charge in [-0.05, 0) is 56.7 Å². The number of carbonyl (C=O) groups is 1. The van der Waals surface area contributed by atoms with E-state index >= 15 is 0 Å². The molecule has 4 aromatic rings. The maximum absolute atomic E-state index is 13.7. The van der Waals surface area contributed by atoms with E-state index in [-0.39, 0.29) is 17.3 Å². The number of pyridine rings is 1. The Morgan fingerprint density at radius 2 is 1.54 bits per heavy atom. The second kappa shape index (κ2) is 10.3. The number of amides is 1. The zero-order valence-electron chi connectivity index (χ0n) is 20.2. The molecule has 0 spiro atoms. The standard InChI is InChI=1S/C28H29N3O3S/c1-4-30(19-24-16-15-23-10-6-7-11-26(23)29-24)28(32)20-31(25-17-13-21(2)14-18-25)35(33,34)27-12-8-5-9-22(27)3/h5-18H,4,19-20H2,1-3H3. The first kappa shape index (κ1) is 24.4. The van der Waals surface area contributed by atoms with Crippen molar-refractivity contribution < 1.29 is 13.2 Å². The molecule has 0 N–H and O–H groups in total. The molecule has 1 amide bonds. The van der Waals surface area contributed by atoms with Crippen molar-refractivity contribution in [3.05, 3.63) is 102 Å². The van der Waals surface area contributed by atoms with Crippen molar-refractivity contribution in [2.75, 3.05) is 17.4 Å². The van der Waals surface area contributed by atoms with Crippen LogP contribution >= 0.6 is 0 Å². The Labute approximate surface area is 206 Å². The molecule has 0 bridgehead atoms. The second-order valence-corrected chi connectivity index (χ2v) is 10.3. The van der Waals surface area contributed by atoms with Gasteiger partial charge in [-0.15, -0.1) is 0 Å². The molecule has 180 valence electrons. The highest BCUT2D eigenvalue weighted by molar-refractivity contribution is 7.93. The lowest BCUT2D eigenvalue weighted by molar-refractivity contribution is -0.130. The van der Waals surface area contributed by atoms with E-state index in [2.05, 4.69) is 4.98 Å². The smallest absolute Gasteiger partial charge is 0.265 e. The zero-order valence-corrected chi connectivity index (χ0v) is 21.0. The van der Waals surface area contributed by atoms with Gasteiger partial charge in [-0.2, -0.15) is 0 Å². The summed E-state index contributed by atoms with van der Waals surface area (Å²) in [6, 6.07) is 25.7. The first-order chi connectivity index (χ1) is 16.8. The van der Waals surface area contributed by atoms with Crippen LogP contribution in [0.3, 0.4) is 0 Å². The van der Waals surface area contributed by atoms with Crippen molar-refractivity contribution in [3.63, 3.8) is 0 Å². The molecule has 35 heavy (non-hydrogen) atoms. The zero-order chi connectivity index (χ0) is 25.0. The second-order valence-electron chi connectivity index (χ2n) is 8.52. The summed E-state index contributed by atoms with van der Waals surface area (Å²) in [5, 5.41) is 1.03. The molecule has 7 heteroatoms. The molecule has 1 aromatic heterocycles. The van der Waals surface area contributed by atoms with Crippen molar-refractivity contribution in [2.45, 2.75) is 32.2 Å². The van der Waals surface area contributed by atoms with E-state index in [0.29, 0.717) is 24.3 Å². The predicted molar refractivity (Wildman–Crippen MR) is 140 cm³/mol. The predicted octanol–water partition coefficient (Wildman–Crippen LogP) is 5.10. The molecular formula is C28H29N3O3S. The Bertz CT molecular complexity index is 1450. The minimum Gasteiger partial charge on any atom is -0.336 e. The van der Waals surface area contributed by atoms with Gasteiger partial charge in [-0.25, -0.2) is 8.42 Å². The molecule has 0 atom stereocenters. The SMILES string of the molecule is CCN(Cc1ccc2ccccc2n1)C(=O)CN(c1ccc(C)cc1)S(=O)(=O)c1ccccc1C. The molecule has 0 fully saturated rings. The Kier molecular flexibility index (Phi) is 7.17. The van der Waals surface area contributed by atoms with Gasteiger partial charge in [-0.3, -0.25) is 14.1 Å². The molecule has 1 heterocycles. The number of aromatic nitrogens is 1. The summed E-state index contributed by atoms with van der Waals surface area (Å²) in [6.45, 7) is 5.99. The number of likely N-dealkylation sites (N-methyl/N-ethyl adjacent to an activating group) is 1. The van der Waals surface area contributed by atoms with Crippen LogP contribution in [0.2, 0.25) is 0 Å².